The van der Waals surface area contributed by atoms with E-state index in [1.165, 1.54) is 4.90 Å². The van der Waals surface area contributed by atoms with E-state index in [0.29, 0.717) is 31.4 Å². The minimum Gasteiger partial charge on any atom is -0.399 e. The number of fused-ring (bicyclic) bond motifs is 1. The second kappa shape index (κ2) is 12.5. The molecule has 3 aromatic rings. The number of carbonyl (C=O) groups excluding carboxylic acids is 4. The number of nitrogens with zero attached hydrogens (tertiary/aromatic N) is 1. The van der Waals surface area contributed by atoms with E-state index in [1.807, 2.05) is 54.6 Å². The lowest BCUT2D eigenvalue weighted by Gasteiger charge is -2.29. The summed E-state index contributed by atoms with van der Waals surface area (Å²) in [7, 11) is 0. The highest BCUT2D eigenvalue weighted by Gasteiger charge is 2.39. The van der Waals surface area contributed by atoms with Gasteiger partial charge in [0.1, 0.15) is 6.04 Å². The van der Waals surface area contributed by atoms with Gasteiger partial charge in [-0.15, -0.1) is 0 Å². The highest BCUT2D eigenvalue weighted by molar-refractivity contribution is 6.05. The third-order valence-corrected chi connectivity index (χ3v) is 7.42. The molecular weight excluding hydrogens is 516 g/mol. The van der Waals surface area contributed by atoms with E-state index in [4.69, 9.17) is 5.73 Å². The second-order valence-corrected chi connectivity index (χ2v) is 10.3. The predicted octanol–water partition coefficient (Wildman–Crippen LogP) is 4.64. The summed E-state index contributed by atoms with van der Waals surface area (Å²) < 4.78 is 0. The Morgan fingerprint density at radius 3 is 2.41 bits per heavy atom. The highest BCUT2D eigenvalue weighted by atomic mass is 16.2. The molecule has 1 saturated heterocycles. The van der Waals surface area contributed by atoms with Crippen LogP contribution in [0.2, 0.25) is 0 Å². The Bertz CT molecular complexity index is 1530. The number of nitrogens with two attached hydrogens (primary N) is 1. The van der Waals surface area contributed by atoms with Crippen LogP contribution in [0.4, 0.5) is 11.4 Å². The topological polar surface area (TPSA) is 122 Å². The maximum atomic E-state index is 13.0. The van der Waals surface area contributed by atoms with Crippen LogP contribution in [0.5, 0.6) is 0 Å². The molecule has 2 aliphatic rings. The summed E-state index contributed by atoms with van der Waals surface area (Å²) in [5, 5.41) is 5.28. The van der Waals surface area contributed by atoms with Crippen LogP contribution in [-0.4, -0.2) is 34.6 Å². The molecule has 1 atom stereocenters. The quantitative estimate of drug-likeness (QED) is 0.164. The first-order chi connectivity index (χ1) is 19.9. The zero-order chi connectivity index (χ0) is 28.8. The van der Waals surface area contributed by atoms with Crippen LogP contribution in [0.1, 0.15) is 66.4 Å². The van der Waals surface area contributed by atoms with Gasteiger partial charge in [0.05, 0.1) is 0 Å². The van der Waals surface area contributed by atoms with E-state index in [2.05, 4.69) is 22.5 Å². The fourth-order valence-corrected chi connectivity index (χ4v) is 5.18. The van der Waals surface area contributed by atoms with Crippen LogP contribution in [-0.2, 0) is 20.9 Å². The standard InChI is InChI=1S/C33H32N4O4/c34-25-15-11-22(12-16-25)23-13-17-26(18-14-23)35-30(38)10-5-3-1-2-4-7-24-8-6-9-27-28(24)21-37(33(27)41)29-19-20-31(39)36-32(29)40/h6,8-9,11-18,29H,1-3,5,10,19-21,34H2,(H,35,38)(H,36,39,40). The van der Waals surface area contributed by atoms with Gasteiger partial charge in [-0.25, -0.2) is 0 Å². The summed E-state index contributed by atoms with van der Waals surface area (Å²) in [6.45, 7) is 0.310. The van der Waals surface area contributed by atoms with Gasteiger partial charge in [-0.1, -0.05) is 48.6 Å². The van der Waals surface area contributed by atoms with Gasteiger partial charge in [-0.2, -0.15) is 0 Å². The van der Waals surface area contributed by atoms with Crippen LogP contribution in [0, 0.1) is 11.8 Å². The van der Waals surface area contributed by atoms with Crippen LogP contribution >= 0.6 is 0 Å². The molecule has 1 unspecified atom stereocenters. The second-order valence-electron chi connectivity index (χ2n) is 10.3. The Hall–Kier alpha value is -4.90. The van der Waals surface area contributed by atoms with Gasteiger partial charge >= 0.3 is 0 Å². The number of carbonyl (C=O) groups is 4. The molecule has 2 aliphatic heterocycles. The number of piperidine rings is 1. The van der Waals surface area contributed by atoms with E-state index in [0.717, 1.165) is 52.9 Å². The Balaban J connectivity index is 1.05. The number of unbranched alkanes of at least 4 members (excludes halogenated alkanes) is 3. The van der Waals surface area contributed by atoms with Gasteiger partial charge in [0, 0.05) is 48.3 Å². The maximum absolute atomic E-state index is 13.0. The molecule has 5 rings (SSSR count). The van der Waals surface area contributed by atoms with Crippen LogP contribution in [0.15, 0.2) is 66.7 Å². The molecule has 4 N–H and O–H groups in total. The van der Waals surface area contributed by atoms with Crippen molar-refractivity contribution in [2.24, 2.45) is 0 Å². The summed E-state index contributed by atoms with van der Waals surface area (Å²) in [5.41, 5.74) is 11.5. The van der Waals surface area contributed by atoms with Crippen molar-refractivity contribution in [2.45, 2.75) is 57.5 Å². The van der Waals surface area contributed by atoms with Crippen molar-refractivity contribution in [2.75, 3.05) is 11.1 Å². The first kappa shape index (κ1) is 27.7. The predicted molar refractivity (Wildman–Crippen MR) is 157 cm³/mol. The van der Waals surface area contributed by atoms with Gasteiger partial charge in [-0.3, -0.25) is 24.5 Å². The number of nitrogens with one attached hydrogen (secondary N) is 2. The van der Waals surface area contributed by atoms with Gasteiger partial charge in [0.15, 0.2) is 0 Å². The lowest BCUT2D eigenvalue weighted by molar-refractivity contribution is -0.137. The molecule has 0 saturated carbocycles. The highest BCUT2D eigenvalue weighted by Crippen LogP contribution is 2.29. The summed E-state index contributed by atoms with van der Waals surface area (Å²) in [6, 6.07) is 20.2. The van der Waals surface area contributed by atoms with Crippen LogP contribution in [0.3, 0.4) is 0 Å². The van der Waals surface area contributed by atoms with Crippen molar-refractivity contribution in [1.29, 1.82) is 0 Å². The molecule has 8 nitrogen and oxygen atoms in total. The number of hydrogen-bond donors (Lipinski definition) is 3. The molecule has 0 spiro atoms. The molecule has 2 heterocycles. The maximum Gasteiger partial charge on any atom is 0.255 e. The zero-order valence-electron chi connectivity index (χ0n) is 22.7. The molecule has 41 heavy (non-hydrogen) atoms. The lowest BCUT2D eigenvalue weighted by Crippen LogP contribution is -2.52. The number of hydrogen-bond acceptors (Lipinski definition) is 5. The molecule has 0 aromatic heterocycles. The van der Waals surface area contributed by atoms with E-state index in [-0.39, 0.29) is 24.1 Å². The van der Waals surface area contributed by atoms with Crippen molar-refractivity contribution in [3.63, 3.8) is 0 Å². The Kier molecular flexibility index (Phi) is 8.44. The number of benzene rings is 3. The van der Waals surface area contributed by atoms with Gasteiger partial charge in [0.2, 0.25) is 17.7 Å². The molecular formula is C33H32N4O4. The molecule has 1 fully saturated rings. The largest absolute Gasteiger partial charge is 0.399 e. The van der Waals surface area contributed by atoms with Crippen molar-refractivity contribution < 1.29 is 19.2 Å². The molecule has 0 aliphatic carbocycles. The number of imide groups is 1. The number of anilines is 2. The number of amides is 4. The minimum atomic E-state index is -0.639. The normalized spacial score (nSPS) is 16.0. The average molecular weight is 549 g/mol. The summed E-state index contributed by atoms with van der Waals surface area (Å²) >= 11 is 0. The summed E-state index contributed by atoms with van der Waals surface area (Å²) in [4.78, 5) is 50.6. The Labute approximate surface area is 239 Å². The first-order valence-electron chi connectivity index (χ1n) is 13.9. The zero-order valence-corrected chi connectivity index (χ0v) is 22.7. The number of nitrogen functional groups attached to an aromatic ring is 1. The first-order valence-corrected chi connectivity index (χ1v) is 13.9. The monoisotopic (exact) mass is 548 g/mol. The molecule has 0 radical (unpaired) electrons. The van der Waals surface area contributed by atoms with Crippen molar-refractivity contribution in [3.8, 4) is 23.0 Å². The lowest BCUT2D eigenvalue weighted by atomic mass is 10.0. The van der Waals surface area contributed by atoms with E-state index >= 15 is 0 Å². The van der Waals surface area contributed by atoms with Gasteiger partial charge < -0.3 is 16.0 Å². The van der Waals surface area contributed by atoms with Crippen LogP contribution in [0.25, 0.3) is 11.1 Å². The van der Waals surface area contributed by atoms with E-state index in [1.54, 1.807) is 12.1 Å². The molecule has 208 valence electrons. The van der Waals surface area contributed by atoms with Crippen molar-refractivity contribution in [1.82, 2.24) is 10.2 Å². The van der Waals surface area contributed by atoms with Crippen LogP contribution < -0.4 is 16.4 Å². The Morgan fingerprint density at radius 1 is 0.951 bits per heavy atom. The fraction of sp³-hybridized carbons (Fsp3) is 0.273. The van der Waals surface area contributed by atoms with Gasteiger partial charge in [0.25, 0.3) is 5.91 Å². The molecule has 0 bridgehead atoms. The summed E-state index contributed by atoms with van der Waals surface area (Å²) in [5.74, 6) is 5.45. The molecule has 8 heteroatoms. The average Bonchev–Trinajstić information content (AvgIpc) is 3.30. The minimum absolute atomic E-state index is 0.0126. The third kappa shape index (κ3) is 6.64. The molecule has 3 aromatic carbocycles. The fourth-order valence-electron chi connectivity index (χ4n) is 5.18. The van der Waals surface area contributed by atoms with Crippen molar-refractivity contribution >= 4 is 35.0 Å². The SMILES string of the molecule is Nc1ccc(-c2ccc(NC(=O)CCCCCC#Cc3cccc4c3CN(C3CCC(=O)NC3=O)C4=O)cc2)cc1. The summed E-state index contributed by atoms with van der Waals surface area (Å²) in [6.07, 6.45) is 4.21. The van der Waals surface area contributed by atoms with Crippen molar-refractivity contribution in [3.05, 3.63) is 83.4 Å². The molecule has 4 amide bonds. The third-order valence-electron chi connectivity index (χ3n) is 7.42. The van der Waals surface area contributed by atoms with E-state index in [9.17, 15) is 19.2 Å². The van der Waals surface area contributed by atoms with Gasteiger partial charge in [-0.05, 0) is 72.4 Å². The van der Waals surface area contributed by atoms with E-state index < -0.39 is 11.9 Å². The number of rotatable bonds is 8. The smallest absolute Gasteiger partial charge is 0.255 e. The Morgan fingerprint density at radius 2 is 1.68 bits per heavy atom.